The van der Waals surface area contributed by atoms with Crippen molar-refractivity contribution >= 4 is 5.65 Å². The first-order valence-corrected chi connectivity index (χ1v) is 10.4. The molecule has 0 aliphatic rings. The highest BCUT2D eigenvalue weighted by molar-refractivity contribution is 5.65. The summed E-state index contributed by atoms with van der Waals surface area (Å²) >= 11 is 0. The maximum atomic E-state index is 15.1. The summed E-state index contributed by atoms with van der Waals surface area (Å²) in [5.41, 5.74) is 2.01. The second-order valence-electron chi connectivity index (χ2n) is 7.52. The SMILES string of the molecule is FC(F)(F)Oc1ccc(-c2ccc3nnc(C(F)(F)OCc4ccccc4-n4cncn4)n3c2)cc1. The lowest BCUT2D eigenvalue weighted by Gasteiger charge is -2.17. The fourth-order valence-electron chi connectivity index (χ4n) is 3.53. The van der Waals surface area contributed by atoms with Gasteiger partial charge in [0, 0.05) is 11.8 Å². The first kappa shape index (κ1) is 23.4. The number of fused-ring (bicyclic) bond motifs is 1. The van der Waals surface area contributed by atoms with E-state index in [1.165, 1.54) is 41.7 Å². The van der Waals surface area contributed by atoms with Gasteiger partial charge in [-0.25, -0.2) is 9.67 Å². The van der Waals surface area contributed by atoms with E-state index in [0.717, 1.165) is 16.5 Å². The van der Waals surface area contributed by atoms with Crippen molar-refractivity contribution in [1.29, 1.82) is 0 Å². The third-order valence-electron chi connectivity index (χ3n) is 5.15. The van der Waals surface area contributed by atoms with E-state index in [2.05, 4.69) is 25.0 Å². The monoisotopic (exact) mass is 502 g/mol. The van der Waals surface area contributed by atoms with Gasteiger partial charge in [0.25, 0.3) is 0 Å². The zero-order valence-corrected chi connectivity index (χ0v) is 18.1. The summed E-state index contributed by atoms with van der Waals surface area (Å²) in [5, 5.41) is 11.4. The molecule has 0 radical (unpaired) electrons. The molecule has 0 saturated carbocycles. The molecule has 0 bridgehead atoms. The van der Waals surface area contributed by atoms with Crippen molar-refractivity contribution in [3.8, 4) is 22.6 Å². The van der Waals surface area contributed by atoms with Crippen LogP contribution < -0.4 is 4.74 Å². The summed E-state index contributed by atoms with van der Waals surface area (Å²) in [4.78, 5) is 3.86. The van der Waals surface area contributed by atoms with Gasteiger partial charge in [0.05, 0.1) is 12.3 Å². The normalized spacial score (nSPS) is 12.2. The minimum absolute atomic E-state index is 0.136. The highest BCUT2D eigenvalue weighted by Crippen LogP contribution is 2.32. The molecule has 0 saturated heterocycles. The van der Waals surface area contributed by atoms with Crippen molar-refractivity contribution in [1.82, 2.24) is 29.4 Å². The predicted molar refractivity (Wildman–Crippen MR) is 115 cm³/mol. The molecule has 0 amide bonds. The highest BCUT2D eigenvalue weighted by Gasteiger charge is 2.39. The summed E-state index contributed by atoms with van der Waals surface area (Å²) < 4.78 is 78.8. The minimum Gasteiger partial charge on any atom is -0.406 e. The van der Waals surface area contributed by atoms with Crippen LogP contribution in [0.1, 0.15) is 11.4 Å². The Balaban J connectivity index is 1.40. The van der Waals surface area contributed by atoms with E-state index in [-0.39, 0.29) is 5.65 Å². The molecule has 3 aromatic heterocycles. The number of nitrogens with zero attached hydrogens (tertiary/aromatic N) is 6. The van der Waals surface area contributed by atoms with Gasteiger partial charge in [-0.2, -0.15) is 13.9 Å². The molecule has 0 unspecified atom stereocenters. The number of aromatic nitrogens is 6. The number of pyridine rings is 1. The lowest BCUT2D eigenvalue weighted by atomic mass is 10.1. The topological polar surface area (TPSA) is 79.4 Å². The fourth-order valence-corrected chi connectivity index (χ4v) is 3.53. The maximum Gasteiger partial charge on any atom is 0.573 e. The van der Waals surface area contributed by atoms with Crippen LogP contribution in [0.15, 0.2) is 79.5 Å². The van der Waals surface area contributed by atoms with Gasteiger partial charge in [-0.1, -0.05) is 30.3 Å². The molecule has 36 heavy (non-hydrogen) atoms. The summed E-state index contributed by atoms with van der Waals surface area (Å²) in [6.45, 7) is -0.460. The van der Waals surface area contributed by atoms with Gasteiger partial charge in [0.1, 0.15) is 18.4 Å². The zero-order valence-electron chi connectivity index (χ0n) is 18.1. The van der Waals surface area contributed by atoms with Gasteiger partial charge in [-0.3, -0.25) is 4.40 Å². The molecule has 0 spiro atoms. The Morgan fingerprint density at radius 2 is 1.58 bits per heavy atom. The number of benzene rings is 2. The van der Waals surface area contributed by atoms with Crippen LogP contribution in [0, 0.1) is 0 Å². The van der Waals surface area contributed by atoms with Gasteiger partial charge in [0.2, 0.25) is 5.82 Å². The van der Waals surface area contributed by atoms with E-state index < -0.39 is 30.7 Å². The zero-order chi connectivity index (χ0) is 25.3. The van der Waals surface area contributed by atoms with Crippen LogP contribution in [0.5, 0.6) is 5.75 Å². The van der Waals surface area contributed by atoms with Gasteiger partial charge in [0.15, 0.2) is 5.65 Å². The Labute approximate surface area is 199 Å². The van der Waals surface area contributed by atoms with Crippen molar-refractivity contribution < 1.29 is 31.4 Å². The number of ether oxygens (including phenoxy) is 2. The van der Waals surface area contributed by atoms with Crippen LogP contribution in [0.25, 0.3) is 22.5 Å². The number of halogens is 5. The lowest BCUT2D eigenvalue weighted by molar-refractivity contribution is -0.274. The van der Waals surface area contributed by atoms with E-state index in [9.17, 15) is 13.2 Å². The molecule has 2 aromatic carbocycles. The predicted octanol–water partition coefficient (Wildman–Crippen LogP) is 5.14. The van der Waals surface area contributed by atoms with Crippen molar-refractivity contribution in [2.24, 2.45) is 0 Å². The second-order valence-corrected chi connectivity index (χ2v) is 7.52. The molecular weight excluding hydrogens is 487 g/mol. The van der Waals surface area contributed by atoms with E-state index >= 15 is 8.78 Å². The Kier molecular flexibility index (Phi) is 5.84. The third-order valence-corrected chi connectivity index (χ3v) is 5.15. The molecular formula is C23H15F5N6O2. The molecule has 0 fully saturated rings. The fraction of sp³-hybridized carbons (Fsp3) is 0.130. The standard InChI is InChI=1S/C23H15F5N6O2/c24-22(25,35-12-17-3-1-2-4-19(17)34-14-29-13-30-34)21-32-31-20-10-7-16(11-33(20)21)15-5-8-18(9-6-15)36-23(26,27)28/h1-11,13-14H,12H2. The van der Waals surface area contributed by atoms with Gasteiger partial charge in [-0.05, 0) is 41.5 Å². The summed E-state index contributed by atoms with van der Waals surface area (Å²) in [6.07, 6.45) is -4.53. The maximum absolute atomic E-state index is 15.1. The molecule has 0 aliphatic carbocycles. The quantitative estimate of drug-likeness (QED) is 0.287. The Morgan fingerprint density at radius 1 is 0.833 bits per heavy atom. The van der Waals surface area contributed by atoms with Crippen LogP contribution in [0.2, 0.25) is 0 Å². The average Bonchev–Trinajstić information content (AvgIpc) is 3.53. The highest BCUT2D eigenvalue weighted by atomic mass is 19.4. The Bertz CT molecular complexity index is 1480. The Hall–Kier alpha value is -4.39. The number of para-hydroxylation sites is 1. The minimum atomic E-state index is -4.82. The smallest absolute Gasteiger partial charge is 0.406 e. The molecule has 5 aromatic rings. The molecule has 8 nitrogen and oxygen atoms in total. The molecule has 13 heteroatoms. The van der Waals surface area contributed by atoms with Crippen molar-refractivity contribution in [3.63, 3.8) is 0 Å². The van der Waals surface area contributed by atoms with Crippen LogP contribution in [-0.4, -0.2) is 35.7 Å². The van der Waals surface area contributed by atoms with Gasteiger partial charge in [-0.15, -0.1) is 23.4 Å². The first-order valence-electron chi connectivity index (χ1n) is 10.4. The first-order chi connectivity index (χ1) is 17.2. The van der Waals surface area contributed by atoms with E-state index in [1.54, 1.807) is 30.3 Å². The van der Waals surface area contributed by atoms with Crippen molar-refractivity contribution in [3.05, 3.63) is 90.9 Å². The molecule has 5 rings (SSSR count). The number of hydrogen-bond acceptors (Lipinski definition) is 6. The summed E-state index contributed by atoms with van der Waals surface area (Å²) in [6, 6.07) is 14.8. The van der Waals surface area contributed by atoms with Crippen LogP contribution in [-0.2, 0) is 17.5 Å². The number of rotatable bonds is 7. The number of alkyl halides is 5. The summed E-state index contributed by atoms with van der Waals surface area (Å²) in [7, 11) is 0. The number of hydrogen-bond donors (Lipinski definition) is 0. The summed E-state index contributed by atoms with van der Waals surface area (Å²) in [5.74, 6) is -1.15. The van der Waals surface area contributed by atoms with Crippen molar-refractivity contribution in [2.75, 3.05) is 0 Å². The van der Waals surface area contributed by atoms with E-state index in [1.807, 2.05) is 0 Å². The van der Waals surface area contributed by atoms with Gasteiger partial charge >= 0.3 is 12.5 Å². The van der Waals surface area contributed by atoms with Gasteiger partial charge < -0.3 is 9.47 Å². The lowest BCUT2D eigenvalue weighted by Crippen LogP contribution is -2.22. The average molecular weight is 502 g/mol. The third kappa shape index (κ3) is 4.86. The molecule has 184 valence electrons. The molecule has 3 heterocycles. The second kappa shape index (κ2) is 9.00. The molecule has 0 atom stereocenters. The van der Waals surface area contributed by atoms with E-state index in [0.29, 0.717) is 22.4 Å². The van der Waals surface area contributed by atoms with E-state index in [4.69, 9.17) is 4.74 Å². The molecule has 0 aliphatic heterocycles. The van der Waals surface area contributed by atoms with Crippen LogP contribution in [0.3, 0.4) is 0 Å². The van der Waals surface area contributed by atoms with Crippen molar-refractivity contribution in [2.45, 2.75) is 19.1 Å². The Morgan fingerprint density at radius 3 is 2.31 bits per heavy atom. The van der Waals surface area contributed by atoms with Crippen LogP contribution in [0.4, 0.5) is 22.0 Å². The molecule has 0 N–H and O–H groups in total. The largest absolute Gasteiger partial charge is 0.573 e. The van der Waals surface area contributed by atoms with Crippen LogP contribution >= 0.6 is 0 Å².